The molecule has 0 aromatic carbocycles. The highest BCUT2D eigenvalue weighted by Gasteiger charge is 2.60. The first-order valence-corrected chi connectivity index (χ1v) is 50.2. The third kappa shape index (κ3) is 51.8. The molecule has 26 heteroatoms. The van der Waals surface area contributed by atoms with Gasteiger partial charge in [-0.15, -0.1) is 0 Å². The van der Waals surface area contributed by atoms with Crippen molar-refractivity contribution >= 4 is 31.7 Å². The van der Waals surface area contributed by atoms with E-state index in [1.807, 2.05) is 0 Å². The maximum Gasteiger partial charge on any atom is 0.472 e. The predicted molar refractivity (Wildman–Crippen MR) is 463 cm³/mol. The largest absolute Gasteiger partial charge is 0.472 e. The van der Waals surface area contributed by atoms with E-state index >= 15 is 0 Å². The van der Waals surface area contributed by atoms with Gasteiger partial charge in [0, 0.05) is 25.7 Å². The molecule has 1 aliphatic carbocycles. The van der Waals surface area contributed by atoms with E-state index in [0.717, 1.165) is 128 Å². The van der Waals surface area contributed by atoms with Crippen molar-refractivity contribution in [1.82, 2.24) is 0 Å². The fourth-order valence-electron chi connectivity index (χ4n) is 16.4. The summed E-state index contributed by atoms with van der Waals surface area (Å²) in [5, 5.41) is 102. The monoisotopic (exact) mass is 1720 g/mol. The summed E-state index contributed by atoms with van der Waals surface area (Å²) < 4.78 is 73.6. The summed E-state index contributed by atoms with van der Waals surface area (Å²) in [6.45, 7) is 7.98. The van der Waals surface area contributed by atoms with Crippen LogP contribution in [0.1, 0.15) is 433 Å². The molecule has 0 amide bonds. The molecule has 2 aliphatic heterocycles. The van der Waals surface area contributed by atoms with Crippen LogP contribution in [0.4, 0.5) is 0 Å². The molecule has 0 aromatic rings. The Morgan fingerprint density at radius 3 is 1.00 bits per heavy atom. The number of phosphoric acid groups is 1. The van der Waals surface area contributed by atoms with Crippen LogP contribution in [0.5, 0.6) is 0 Å². The molecular weight excluding hydrogens is 1550 g/mol. The molecule has 3 aliphatic rings. The summed E-state index contributed by atoms with van der Waals surface area (Å²) in [5.41, 5.74) is 0. The molecule has 2 heterocycles. The van der Waals surface area contributed by atoms with Crippen LogP contribution in [-0.4, -0.2) is 205 Å². The van der Waals surface area contributed by atoms with E-state index in [0.29, 0.717) is 38.0 Å². The van der Waals surface area contributed by atoms with Gasteiger partial charge in [-0.1, -0.05) is 381 Å². The van der Waals surface area contributed by atoms with Crippen LogP contribution in [0.25, 0.3) is 0 Å². The Morgan fingerprint density at radius 1 is 0.328 bits per heavy atom. The van der Waals surface area contributed by atoms with Gasteiger partial charge < -0.3 is 88.7 Å². The Hall–Kier alpha value is -2.53. The van der Waals surface area contributed by atoms with E-state index in [9.17, 15) is 74.6 Å². The van der Waals surface area contributed by atoms with Crippen molar-refractivity contribution in [2.24, 2.45) is 5.92 Å². The second kappa shape index (κ2) is 71.5. The number of rotatable bonds is 79. The number of hydrogen-bond acceptors (Lipinski definition) is 24. The molecule has 0 bridgehead atoms. The molecule has 3 rings (SSSR count). The summed E-state index contributed by atoms with van der Waals surface area (Å²) in [4.78, 5) is 66.6. The van der Waals surface area contributed by atoms with Crippen molar-refractivity contribution in [2.45, 2.75) is 537 Å². The van der Waals surface area contributed by atoms with Crippen LogP contribution in [-0.2, 0) is 70.7 Å². The van der Waals surface area contributed by atoms with Gasteiger partial charge in [0.2, 0.25) is 0 Å². The summed E-state index contributed by atoms with van der Waals surface area (Å²) in [5.74, 6) is -2.25. The third-order valence-corrected chi connectivity index (χ3v) is 25.2. The molecule has 25 nitrogen and oxygen atoms in total. The lowest BCUT2D eigenvalue weighted by atomic mass is 9.84. The highest BCUT2D eigenvalue weighted by Crippen LogP contribution is 2.49. The van der Waals surface area contributed by atoms with Crippen LogP contribution < -0.4 is 0 Å². The number of hydrogen-bond donors (Lipinski definition) is 10. The molecule has 2 saturated heterocycles. The smallest absolute Gasteiger partial charge is 0.463 e. The van der Waals surface area contributed by atoms with Gasteiger partial charge in [-0.3, -0.25) is 28.2 Å². The quantitative estimate of drug-likeness (QED) is 0.0117. The van der Waals surface area contributed by atoms with Crippen molar-refractivity contribution in [3.63, 3.8) is 0 Å². The van der Waals surface area contributed by atoms with Crippen molar-refractivity contribution in [3.8, 4) is 0 Å². The number of phosphoric ester groups is 1. The molecule has 19 unspecified atom stereocenters. The van der Waals surface area contributed by atoms with Crippen LogP contribution in [0.3, 0.4) is 0 Å². The van der Waals surface area contributed by atoms with Gasteiger partial charge >= 0.3 is 31.7 Å². The minimum atomic E-state index is -5.81. The second-order valence-corrected chi connectivity index (χ2v) is 36.6. The number of esters is 4. The Morgan fingerprint density at radius 2 is 0.630 bits per heavy atom. The molecule has 19 atom stereocenters. The lowest BCUT2D eigenvalue weighted by Crippen LogP contribution is -2.70. The summed E-state index contributed by atoms with van der Waals surface area (Å²) >= 11 is 0. The topological polar surface area (TPSA) is 380 Å². The van der Waals surface area contributed by atoms with E-state index < -0.39 is 162 Å². The summed E-state index contributed by atoms with van der Waals surface area (Å²) in [7, 11) is -5.81. The average Bonchev–Trinajstić information content (AvgIpc) is 0.754. The number of aliphatic hydroxyl groups excluding tert-OH is 9. The number of ether oxygens (including phenoxy) is 8. The highest BCUT2D eigenvalue weighted by molar-refractivity contribution is 7.47. The van der Waals surface area contributed by atoms with Crippen LogP contribution in [0.15, 0.2) is 0 Å². The van der Waals surface area contributed by atoms with Gasteiger partial charge in [-0.05, 0) is 31.6 Å². The number of aliphatic hydroxyl groups is 9. The zero-order valence-electron chi connectivity index (χ0n) is 75.1. The lowest BCUT2D eigenvalue weighted by molar-refractivity contribution is -0.360. The Balaban J connectivity index is 1.91. The molecule has 10 N–H and O–H groups in total. The van der Waals surface area contributed by atoms with Crippen LogP contribution >= 0.6 is 7.82 Å². The molecule has 3 fully saturated rings. The van der Waals surface area contributed by atoms with Gasteiger partial charge in [0.05, 0.1) is 13.2 Å². The first-order valence-electron chi connectivity index (χ1n) is 48.7. The Kier molecular flexibility index (Phi) is 66.5. The average molecular weight is 1720 g/mol. The van der Waals surface area contributed by atoms with Gasteiger partial charge in [0.15, 0.2) is 24.8 Å². The standard InChI is InChI=1S/C93H175O25P/c1-6-10-14-18-22-25-28-31-33-35-38-41-44-47-55-61-67-79(98)115-88-84(103)85(104)89(116-92-86(105)82(101)80(99)74(68-94)113-92)91(90(88)117-93-87(106)83(102)81(100)75(114-93)71-110-77(96)65-59-52-45-42-39-36-30-27-24-20-16-12-8-3)118-119(107,108)111-70-73(112-78(97)66-60-54-46-43-40-37-34-32-29-26-23-19-15-11-7-2)69-109-76(95)64-58-53-49-48-51-57-63-72(5)62-56-50-21-17-13-9-4/h72-75,80-94,99-106H,6-71H2,1-5H3,(H,107,108). The van der Waals surface area contributed by atoms with Gasteiger partial charge in [-0.25, -0.2) is 4.57 Å². The molecule has 1 saturated carbocycles. The van der Waals surface area contributed by atoms with Crippen LogP contribution in [0.2, 0.25) is 0 Å². The minimum Gasteiger partial charge on any atom is -0.463 e. The van der Waals surface area contributed by atoms with Gasteiger partial charge in [0.25, 0.3) is 0 Å². The van der Waals surface area contributed by atoms with Crippen molar-refractivity contribution in [3.05, 3.63) is 0 Å². The predicted octanol–water partition coefficient (Wildman–Crippen LogP) is 18.4. The Bertz CT molecular complexity index is 2490. The van der Waals surface area contributed by atoms with E-state index in [4.69, 9.17) is 46.9 Å². The second-order valence-electron chi connectivity index (χ2n) is 35.2. The first-order chi connectivity index (χ1) is 57.6. The maximum atomic E-state index is 14.9. The fraction of sp³-hybridized carbons (Fsp3) is 0.957. The molecule has 702 valence electrons. The third-order valence-electron chi connectivity index (χ3n) is 24.3. The van der Waals surface area contributed by atoms with E-state index in [-0.39, 0.29) is 25.7 Å². The van der Waals surface area contributed by atoms with Gasteiger partial charge in [-0.2, -0.15) is 0 Å². The number of unbranched alkanes of at least 4 members (excludes halogenated alkanes) is 51. The number of carbonyl (C=O) groups excluding carboxylic acids is 4. The normalized spacial score (nSPS) is 25.0. The Labute approximate surface area is 719 Å². The molecular formula is C93H175O25P. The van der Waals surface area contributed by atoms with Crippen molar-refractivity contribution in [2.75, 3.05) is 26.4 Å². The number of carbonyl (C=O) groups is 4. The fourth-order valence-corrected chi connectivity index (χ4v) is 17.4. The molecule has 119 heavy (non-hydrogen) atoms. The summed E-state index contributed by atoms with van der Waals surface area (Å²) in [6, 6.07) is 0. The minimum absolute atomic E-state index is 0.0195. The highest BCUT2D eigenvalue weighted by atomic mass is 31.2. The van der Waals surface area contributed by atoms with Crippen molar-refractivity contribution < 1.29 is 122 Å². The van der Waals surface area contributed by atoms with Crippen LogP contribution in [0, 0.1) is 5.92 Å². The maximum absolute atomic E-state index is 14.9. The first kappa shape index (κ1) is 111. The lowest BCUT2D eigenvalue weighted by Gasteiger charge is -2.50. The zero-order chi connectivity index (χ0) is 86.9. The van der Waals surface area contributed by atoms with Gasteiger partial charge in [0.1, 0.15) is 92.6 Å². The zero-order valence-corrected chi connectivity index (χ0v) is 76.0. The molecule has 0 aromatic heterocycles. The van der Waals surface area contributed by atoms with Crippen molar-refractivity contribution in [1.29, 1.82) is 0 Å². The van der Waals surface area contributed by atoms with E-state index in [1.54, 1.807) is 0 Å². The summed E-state index contributed by atoms with van der Waals surface area (Å²) in [6.07, 6.45) is 27.9. The SMILES string of the molecule is CCCCCCCCCCCCCCCCCCC(=O)OC1C(O)C(O)C(OC2OC(CO)C(O)C(O)C2O)C(OP(=O)(O)OCC(COC(=O)CCCCCCCCC(C)CCCCCCCC)OC(=O)CCCCCCCCCCCCCCCCC)C1OC1OC(COC(=O)CCCCCCCCCCCCCCC)C(O)C(O)C1O. The molecule has 0 spiro atoms. The molecule has 0 radical (unpaired) electrons. The van der Waals surface area contributed by atoms with E-state index in [1.165, 1.54) is 212 Å². The van der Waals surface area contributed by atoms with E-state index in [2.05, 4.69) is 34.6 Å².